The molecule has 0 aliphatic heterocycles. The molecule has 0 atom stereocenters. The molecule has 3 heteroatoms. The summed E-state index contributed by atoms with van der Waals surface area (Å²) in [6, 6.07) is 8.63. The van der Waals surface area contributed by atoms with E-state index in [1.165, 1.54) is 5.56 Å². The van der Waals surface area contributed by atoms with Gasteiger partial charge >= 0.3 is 0 Å². The second-order valence-corrected chi connectivity index (χ2v) is 5.11. The standard InChI is InChI=1S/C12H17BrClN/c1-10(2)15(7-6-13)9-11-4-3-5-12(14)8-11/h3-5,8,10H,6-7,9H2,1-2H3. The highest BCUT2D eigenvalue weighted by Crippen LogP contribution is 2.14. The van der Waals surface area contributed by atoms with Crippen molar-refractivity contribution in [3.8, 4) is 0 Å². The van der Waals surface area contributed by atoms with E-state index < -0.39 is 0 Å². The Balaban J connectivity index is 2.65. The zero-order valence-electron chi connectivity index (χ0n) is 9.21. The molecular formula is C12H17BrClN. The van der Waals surface area contributed by atoms with Gasteiger partial charge in [-0.2, -0.15) is 0 Å². The summed E-state index contributed by atoms with van der Waals surface area (Å²) in [7, 11) is 0. The molecule has 1 nitrogen and oxygen atoms in total. The largest absolute Gasteiger partial charge is 0.296 e. The van der Waals surface area contributed by atoms with Crippen LogP contribution in [0.3, 0.4) is 0 Å². The minimum atomic E-state index is 0.557. The Morgan fingerprint density at radius 1 is 1.40 bits per heavy atom. The molecule has 0 saturated heterocycles. The Hall–Kier alpha value is -0.0500. The van der Waals surface area contributed by atoms with Gasteiger partial charge in [-0.3, -0.25) is 4.90 Å². The van der Waals surface area contributed by atoms with E-state index in [9.17, 15) is 0 Å². The maximum absolute atomic E-state index is 5.96. The van der Waals surface area contributed by atoms with Crippen molar-refractivity contribution >= 4 is 27.5 Å². The van der Waals surface area contributed by atoms with Crippen molar-refractivity contribution < 1.29 is 0 Å². The molecule has 15 heavy (non-hydrogen) atoms. The van der Waals surface area contributed by atoms with Gasteiger partial charge in [0.1, 0.15) is 0 Å². The lowest BCUT2D eigenvalue weighted by Crippen LogP contribution is -2.31. The van der Waals surface area contributed by atoms with E-state index in [0.29, 0.717) is 6.04 Å². The Kier molecular flexibility index (Phi) is 5.65. The first-order valence-corrected chi connectivity index (χ1v) is 6.68. The maximum atomic E-state index is 5.96. The Labute approximate surface area is 106 Å². The first-order chi connectivity index (χ1) is 7.13. The van der Waals surface area contributed by atoms with Gasteiger partial charge in [-0.15, -0.1) is 0 Å². The lowest BCUT2D eigenvalue weighted by molar-refractivity contribution is 0.227. The fourth-order valence-electron chi connectivity index (χ4n) is 1.50. The van der Waals surface area contributed by atoms with Gasteiger partial charge in [0.25, 0.3) is 0 Å². The van der Waals surface area contributed by atoms with Crippen molar-refractivity contribution in [3.63, 3.8) is 0 Å². The van der Waals surface area contributed by atoms with Crippen molar-refractivity contribution in [2.24, 2.45) is 0 Å². The molecule has 1 rings (SSSR count). The molecule has 0 N–H and O–H groups in total. The predicted molar refractivity (Wildman–Crippen MR) is 70.8 cm³/mol. The summed E-state index contributed by atoms with van der Waals surface area (Å²) in [6.45, 7) is 6.45. The second kappa shape index (κ2) is 6.51. The zero-order valence-corrected chi connectivity index (χ0v) is 11.6. The molecule has 0 aliphatic rings. The predicted octanol–water partition coefficient (Wildman–Crippen LogP) is 3.95. The van der Waals surface area contributed by atoms with Crippen molar-refractivity contribution in [2.45, 2.75) is 26.4 Å². The smallest absolute Gasteiger partial charge is 0.0409 e. The maximum Gasteiger partial charge on any atom is 0.0409 e. The summed E-state index contributed by atoms with van der Waals surface area (Å²) in [6.07, 6.45) is 0. The monoisotopic (exact) mass is 289 g/mol. The van der Waals surface area contributed by atoms with Crippen LogP contribution in [-0.4, -0.2) is 22.8 Å². The highest BCUT2D eigenvalue weighted by molar-refractivity contribution is 9.09. The molecule has 0 fully saturated rings. The second-order valence-electron chi connectivity index (χ2n) is 3.88. The fourth-order valence-corrected chi connectivity index (χ4v) is 2.17. The third-order valence-corrected chi connectivity index (χ3v) is 2.97. The fraction of sp³-hybridized carbons (Fsp3) is 0.500. The van der Waals surface area contributed by atoms with E-state index in [1.54, 1.807) is 0 Å². The van der Waals surface area contributed by atoms with Crippen molar-refractivity contribution in [1.82, 2.24) is 4.90 Å². The molecule has 1 aromatic carbocycles. The number of nitrogens with zero attached hydrogens (tertiary/aromatic N) is 1. The van der Waals surface area contributed by atoms with Crippen molar-refractivity contribution in [1.29, 1.82) is 0 Å². The molecule has 0 unspecified atom stereocenters. The molecule has 0 saturated carbocycles. The quantitative estimate of drug-likeness (QED) is 0.742. The SMILES string of the molecule is CC(C)N(CCBr)Cc1cccc(Cl)c1. The number of rotatable bonds is 5. The Morgan fingerprint density at radius 3 is 2.67 bits per heavy atom. The number of benzene rings is 1. The zero-order chi connectivity index (χ0) is 11.3. The first-order valence-electron chi connectivity index (χ1n) is 5.18. The van der Waals surface area contributed by atoms with Crippen molar-refractivity contribution in [2.75, 3.05) is 11.9 Å². The van der Waals surface area contributed by atoms with Crippen LogP contribution in [0.1, 0.15) is 19.4 Å². The van der Waals surface area contributed by atoms with E-state index in [0.717, 1.165) is 23.4 Å². The molecule has 0 amide bonds. The summed E-state index contributed by atoms with van der Waals surface area (Å²) in [5.74, 6) is 0. The van der Waals surface area contributed by atoms with E-state index >= 15 is 0 Å². The van der Waals surface area contributed by atoms with Gasteiger partial charge in [0, 0.05) is 29.5 Å². The molecular weight excluding hydrogens is 273 g/mol. The Morgan fingerprint density at radius 2 is 2.13 bits per heavy atom. The summed E-state index contributed by atoms with van der Waals surface area (Å²) < 4.78 is 0. The van der Waals surface area contributed by atoms with Crippen LogP contribution in [0.15, 0.2) is 24.3 Å². The van der Waals surface area contributed by atoms with Gasteiger partial charge in [-0.1, -0.05) is 39.7 Å². The minimum Gasteiger partial charge on any atom is -0.296 e. The van der Waals surface area contributed by atoms with Gasteiger partial charge in [0.2, 0.25) is 0 Å². The van der Waals surface area contributed by atoms with Crippen LogP contribution in [0.25, 0.3) is 0 Å². The average molecular weight is 291 g/mol. The average Bonchev–Trinajstić information content (AvgIpc) is 2.17. The number of halogens is 2. The van der Waals surface area contributed by atoms with E-state index in [-0.39, 0.29) is 0 Å². The number of hydrogen-bond donors (Lipinski definition) is 0. The van der Waals surface area contributed by atoms with Crippen LogP contribution < -0.4 is 0 Å². The van der Waals surface area contributed by atoms with Gasteiger partial charge in [0.05, 0.1) is 0 Å². The molecule has 84 valence electrons. The van der Waals surface area contributed by atoms with Crippen LogP contribution >= 0.6 is 27.5 Å². The lowest BCUT2D eigenvalue weighted by Gasteiger charge is -2.25. The van der Waals surface area contributed by atoms with E-state index in [4.69, 9.17) is 11.6 Å². The van der Waals surface area contributed by atoms with Gasteiger partial charge in [-0.05, 0) is 31.5 Å². The summed E-state index contributed by atoms with van der Waals surface area (Å²) in [5, 5.41) is 1.82. The van der Waals surface area contributed by atoms with Gasteiger partial charge in [-0.25, -0.2) is 0 Å². The molecule has 0 heterocycles. The molecule has 0 aliphatic carbocycles. The third kappa shape index (κ3) is 4.54. The lowest BCUT2D eigenvalue weighted by atomic mass is 10.2. The van der Waals surface area contributed by atoms with Crippen LogP contribution in [0, 0.1) is 0 Å². The highest BCUT2D eigenvalue weighted by atomic mass is 79.9. The normalized spacial score (nSPS) is 11.3. The van der Waals surface area contributed by atoms with Crippen LogP contribution in [0.5, 0.6) is 0 Å². The van der Waals surface area contributed by atoms with Crippen LogP contribution in [-0.2, 0) is 6.54 Å². The first kappa shape index (κ1) is 13.0. The molecule has 0 bridgehead atoms. The molecule has 0 spiro atoms. The van der Waals surface area contributed by atoms with Crippen LogP contribution in [0.4, 0.5) is 0 Å². The molecule has 0 aromatic heterocycles. The summed E-state index contributed by atoms with van der Waals surface area (Å²) in [5.41, 5.74) is 1.28. The van der Waals surface area contributed by atoms with Crippen molar-refractivity contribution in [3.05, 3.63) is 34.9 Å². The molecule has 0 radical (unpaired) electrons. The Bertz CT molecular complexity index is 301. The molecule has 1 aromatic rings. The topological polar surface area (TPSA) is 3.24 Å². The highest BCUT2D eigenvalue weighted by Gasteiger charge is 2.08. The van der Waals surface area contributed by atoms with Gasteiger partial charge in [0.15, 0.2) is 0 Å². The van der Waals surface area contributed by atoms with E-state index in [2.05, 4.69) is 40.7 Å². The minimum absolute atomic E-state index is 0.557. The summed E-state index contributed by atoms with van der Waals surface area (Å²) in [4.78, 5) is 2.42. The van der Waals surface area contributed by atoms with Crippen LogP contribution in [0.2, 0.25) is 5.02 Å². The summed E-state index contributed by atoms with van der Waals surface area (Å²) >= 11 is 9.44. The van der Waals surface area contributed by atoms with Gasteiger partial charge < -0.3 is 0 Å². The van der Waals surface area contributed by atoms with E-state index in [1.807, 2.05) is 18.2 Å². The number of hydrogen-bond acceptors (Lipinski definition) is 1. The third-order valence-electron chi connectivity index (χ3n) is 2.38. The number of alkyl halides is 1.